The first-order valence-electron chi connectivity index (χ1n) is 4.09. The molecule has 0 bridgehead atoms. The number of carbonyl (C=O) groups excluding carboxylic acids is 1. The van der Waals surface area contributed by atoms with Gasteiger partial charge in [0.2, 0.25) is 5.91 Å². The van der Waals surface area contributed by atoms with Gasteiger partial charge in [-0.25, -0.2) is 0 Å². The minimum Gasteiger partial charge on any atom is -0.393 e. The molecule has 0 aromatic carbocycles. The predicted octanol–water partition coefficient (Wildman–Crippen LogP) is 0.158. The van der Waals surface area contributed by atoms with Gasteiger partial charge in [-0.05, 0) is 0 Å². The van der Waals surface area contributed by atoms with E-state index in [-0.39, 0.29) is 5.91 Å². The van der Waals surface area contributed by atoms with Crippen LogP contribution in [0.2, 0.25) is 0 Å². The number of nitrogens with zero attached hydrogens (tertiary/aromatic N) is 1. The van der Waals surface area contributed by atoms with Crippen molar-refractivity contribution in [3.8, 4) is 0 Å². The number of methoxy groups -OCH3 is 1. The molecule has 76 valence electrons. The molecule has 0 saturated heterocycles. The van der Waals surface area contributed by atoms with Crippen LogP contribution >= 0.6 is 12.2 Å². The Labute approximate surface area is 84.0 Å². The third-order valence-electron chi connectivity index (χ3n) is 1.64. The highest BCUT2D eigenvalue weighted by molar-refractivity contribution is 7.80. The first-order chi connectivity index (χ1) is 6.07. The largest absolute Gasteiger partial charge is 0.393 e. The van der Waals surface area contributed by atoms with Crippen LogP contribution in [0.15, 0.2) is 0 Å². The molecule has 0 rings (SSSR count). The summed E-state index contributed by atoms with van der Waals surface area (Å²) >= 11 is 4.70. The zero-order valence-corrected chi connectivity index (χ0v) is 8.89. The van der Waals surface area contributed by atoms with Gasteiger partial charge >= 0.3 is 0 Å². The maximum absolute atomic E-state index is 11.3. The predicted molar refractivity (Wildman–Crippen MR) is 55.5 cm³/mol. The second-order valence-electron chi connectivity index (χ2n) is 2.77. The summed E-state index contributed by atoms with van der Waals surface area (Å²) in [7, 11) is 3.30. The van der Waals surface area contributed by atoms with E-state index in [1.165, 1.54) is 0 Å². The standard InChI is InChI=1S/C8H16N2O2S/c1-10(5-3-7(9)13)8(11)4-6-12-2/h3-6H2,1-2H3,(H2,9,13). The maximum Gasteiger partial charge on any atom is 0.224 e. The van der Waals surface area contributed by atoms with Crippen LogP contribution in [0, 0.1) is 0 Å². The summed E-state index contributed by atoms with van der Waals surface area (Å²) in [4.78, 5) is 13.3. The average molecular weight is 204 g/mol. The Kier molecular flexibility index (Phi) is 6.44. The lowest BCUT2D eigenvalue weighted by Crippen LogP contribution is -2.30. The second kappa shape index (κ2) is 6.80. The van der Waals surface area contributed by atoms with E-state index >= 15 is 0 Å². The van der Waals surface area contributed by atoms with E-state index in [4.69, 9.17) is 22.7 Å². The van der Waals surface area contributed by atoms with E-state index in [1.807, 2.05) is 0 Å². The van der Waals surface area contributed by atoms with Crippen molar-refractivity contribution in [1.29, 1.82) is 0 Å². The van der Waals surface area contributed by atoms with Crippen LogP contribution in [0.5, 0.6) is 0 Å². The van der Waals surface area contributed by atoms with E-state index in [2.05, 4.69) is 0 Å². The Morgan fingerprint density at radius 2 is 2.15 bits per heavy atom. The lowest BCUT2D eigenvalue weighted by molar-refractivity contribution is -0.130. The van der Waals surface area contributed by atoms with Gasteiger partial charge < -0.3 is 15.4 Å². The van der Waals surface area contributed by atoms with E-state index in [1.54, 1.807) is 19.1 Å². The maximum atomic E-state index is 11.3. The molecule has 0 fully saturated rings. The van der Waals surface area contributed by atoms with Crippen molar-refractivity contribution >= 4 is 23.1 Å². The van der Waals surface area contributed by atoms with Crippen molar-refractivity contribution in [2.24, 2.45) is 5.73 Å². The first kappa shape index (κ1) is 12.3. The molecule has 0 aliphatic carbocycles. The SMILES string of the molecule is COCCC(=O)N(C)CCC(N)=S. The van der Waals surface area contributed by atoms with Crippen LogP contribution in [0.25, 0.3) is 0 Å². The number of hydrogen-bond donors (Lipinski definition) is 1. The number of nitrogens with two attached hydrogens (primary N) is 1. The molecule has 13 heavy (non-hydrogen) atoms. The normalized spacial score (nSPS) is 9.69. The van der Waals surface area contributed by atoms with Crippen LogP contribution in [-0.2, 0) is 9.53 Å². The van der Waals surface area contributed by atoms with Crippen LogP contribution in [-0.4, -0.2) is 43.1 Å². The fourth-order valence-corrected chi connectivity index (χ4v) is 0.874. The molecule has 4 nitrogen and oxygen atoms in total. The van der Waals surface area contributed by atoms with Crippen molar-refractivity contribution < 1.29 is 9.53 Å². The van der Waals surface area contributed by atoms with E-state index in [0.29, 0.717) is 31.0 Å². The van der Waals surface area contributed by atoms with Gasteiger partial charge in [-0.1, -0.05) is 12.2 Å². The Morgan fingerprint density at radius 1 is 1.54 bits per heavy atom. The summed E-state index contributed by atoms with van der Waals surface area (Å²) in [5.41, 5.74) is 5.31. The molecular weight excluding hydrogens is 188 g/mol. The van der Waals surface area contributed by atoms with Crippen molar-refractivity contribution in [2.45, 2.75) is 12.8 Å². The van der Waals surface area contributed by atoms with Gasteiger partial charge in [0, 0.05) is 27.1 Å². The van der Waals surface area contributed by atoms with E-state index in [9.17, 15) is 4.79 Å². The number of carbonyl (C=O) groups is 1. The van der Waals surface area contributed by atoms with Crippen molar-refractivity contribution in [3.05, 3.63) is 0 Å². The van der Waals surface area contributed by atoms with Gasteiger partial charge in [0.15, 0.2) is 0 Å². The Bertz CT molecular complexity index is 185. The first-order valence-corrected chi connectivity index (χ1v) is 4.50. The third-order valence-corrected chi connectivity index (χ3v) is 1.84. The van der Waals surface area contributed by atoms with Crippen LogP contribution in [0.1, 0.15) is 12.8 Å². The molecule has 0 aromatic heterocycles. The fourth-order valence-electron chi connectivity index (χ4n) is 0.783. The molecular formula is C8H16N2O2S. The molecule has 0 saturated carbocycles. The smallest absolute Gasteiger partial charge is 0.224 e. The van der Waals surface area contributed by atoms with Crippen LogP contribution in [0.4, 0.5) is 0 Å². The number of ether oxygens (including phenoxy) is 1. The Hall–Kier alpha value is -0.680. The third kappa shape index (κ3) is 6.48. The highest BCUT2D eigenvalue weighted by atomic mass is 32.1. The lowest BCUT2D eigenvalue weighted by atomic mass is 10.3. The van der Waals surface area contributed by atoms with Crippen molar-refractivity contribution in [3.63, 3.8) is 0 Å². The van der Waals surface area contributed by atoms with E-state index in [0.717, 1.165) is 0 Å². The second-order valence-corrected chi connectivity index (χ2v) is 3.30. The highest BCUT2D eigenvalue weighted by Gasteiger charge is 2.07. The van der Waals surface area contributed by atoms with E-state index < -0.39 is 0 Å². The Balaban J connectivity index is 3.62. The van der Waals surface area contributed by atoms with Gasteiger partial charge in [0.1, 0.15) is 0 Å². The monoisotopic (exact) mass is 204 g/mol. The minimum absolute atomic E-state index is 0.0538. The summed E-state index contributed by atoms with van der Waals surface area (Å²) in [5.74, 6) is 0.0538. The van der Waals surface area contributed by atoms with Gasteiger partial charge in [0.25, 0.3) is 0 Å². The highest BCUT2D eigenvalue weighted by Crippen LogP contribution is 1.93. The fraction of sp³-hybridized carbons (Fsp3) is 0.750. The van der Waals surface area contributed by atoms with Gasteiger partial charge in [-0.2, -0.15) is 0 Å². The molecule has 0 heterocycles. The number of rotatable bonds is 6. The zero-order chi connectivity index (χ0) is 10.3. The molecule has 0 aromatic rings. The quantitative estimate of drug-likeness (QED) is 0.626. The summed E-state index contributed by atoms with van der Waals surface area (Å²) in [6.07, 6.45) is 0.981. The Morgan fingerprint density at radius 3 is 2.62 bits per heavy atom. The number of thiocarbonyl (C=S) groups is 1. The molecule has 0 atom stereocenters. The number of amides is 1. The molecule has 0 radical (unpaired) electrons. The summed E-state index contributed by atoms with van der Waals surface area (Å²) in [5, 5.41) is 0. The number of hydrogen-bond acceptors (Lipinski definition) is 3. The molecule has 2 N–H and O–H groups in total. The van der Waals surface area contributed by atoms with Crippen LogP contribution < -0.4 is 5.73 Å². The van der Waals surface area contributed by atoms with Crippen LogP contribution in [0.3, 0.4) is 0 Å². The molecule has 0 unspecified atom stereocenters. The zero-order valence-electron chi connectivity index (χ0n) is 8.08. The lowest BCUT2D eigenvalue weighted by Gasteiger charge is -2.16. The molecule has 0 aliphatic heterocycles. The topological polar surface area (TPSA) is 55.6 Å². The average Bonchev–Trinajstić information content (AvgIpc) is 2.10. The van der Waals surface area contributed by atoms with Crippen molar-refractivity contribution in [2.75, 3.05) is 27.3 Å². The summed E-state index contributed by atoms with van der Waals surface area (Å²) in [6, 6.07) is 0. The van der Waals surface area contributed by atoms with Gasteiger partial charge in [-0.3, -0.25) is 4.79 Å². The summed E-state index contributed by atoms with van der Waals surface area (Å²) < 4.78 is 4.79. The molecule has 0 aliphatic rings. The molecule has 5 heteroatoms. The van der Waals surface area contributed by atoms with Gasteiger partial charge in [-0.15, -0.1) is 0 Å². The van der Waals surface area contributed by atoms with Gasteiger partial charge in [0.05, 0.1) is 18.0 Å². The molecule has 1 amide bonds. The molecule has 0 spiro atoms. The minimum atomic E-state index is 0.0538. The van der Waals surface area contributed by atoms with Crippen molar-refractivity contribution in [1.82, 2.24) is 4.90 Å². The summed E-state index contributed by atoms with van der Waals surface area (Å²) in [6.45, 7) is 1.04.